The third kappa shape index (κ3) is 4.14. The molecule has 3 heterocycles. The van der Waals surface area contributed by atoms with E-state index < -0.39 is 11.4 Å². The minimum atomic E-state index is -1.54. The maximum absolute atomic E-state index is 13.9. The minimum absolute atomic E-state index is 0.00108. The van der Waals surface area contributed by atoms with Crippen molar-refractivity contribution in [1.82, 2.24) is 19.9 Å². The lowest BCUT2D eigenvalue weighted by atomic mass is 9.87. The summed E-state index contributed by atoms with van der Waals surface area (Å²) < 4.78 is 13.9. The normalized spacial score (nSPS) is 13.1. The molecule has 5 N–H and O–H groups in total. The van der Waals surface area contributed by atoms with Crippen molar-refractivity contribution in [3.8, 4) is 22.4 Å². The number of nitrogens with two attached hydrogens (primary N) is 1. The zero-order valence-corrected chi connectivity index (χ0v) is 19.0. The number of H-pyrrole nitrogens is 1. The van der Waals surface area contributed by atoms with Crippen molar-refractivity contribution in [3.63, 3.8) is 0 Å². The zero-order chi connectivity index (χ0) is 24.6. The molecule has 3 aromatic heterocycles. The Hall–Kier alpha value is -4.14. The van der Waals surface area contributed by atoms with E-state index in [9.17, 15) is 14.6 Å². The summed E-state index contributed by atoms with van der Waals surface area (Å²) in [6.07, 6.45) is 3.82. The molecule has 0 aliphatic heterocycles. The molecule has 1 atom stereocenters. The van der Waals surface area contributed by atoms with Gasteiger partial charge in [-0.25, -0.2) is 19.3 Å². The number of nitrogens with zero attached hydrogens (tertiary/aromatic N) is 3. The summed E-state index contributed by atoms with van der Waals surface area (Å²) in [7, 11) is 0. The standard InChI is InChI=1S/C27H24FN5O2/c1-2-27(35,19-4-3-5-20(28)11-19)24-12-23(32-26(29)33-24)22-14-31-25-21(22)10-18(13-30-25)17-8-6-16(15-34)7-9-17/h3-14,34-35H,2,15H2,1H3,(H,30,31)(H2,29,32,33). The third-order valence-electron chi connectivity index (χ3n) is 6.26. The predicted octanol–water partition coefficient (Wildman–Crippen LogP) is 4.55. The second-order valence-electron chi connectivity index (χ2n) is 8.40. The highest BCUT2D eigenvalue weighted by Crippen LogP contribution is 2.36. The minimum Gasteiger partial charge on any atom is -0.392 e. The van der Waals surface area contributed by atoms with Crippen LogP contribution in [0.4, 0.5) is 10.3 Å². The van der Waals surface area contributed by atoms with Crippen molar-refractivity contribution in [2.45, 2.75) is 25.6 Å². The number of rotatable bonds is 6. The third-order valence-corrected chi connectivity index (χ3v) is 6.26. The van der Waals surface area contributed by atoms with E-state index in [0.717, 1.165) is 27.6 Å². The summed E-state index contributed by atoms with van der Waals surface area (Å²) in [6, 6.07) is 17.1. The van der Waals surface area contributed by atoms with Crippen molar-refractivity contribution in [3.05, 3.63) is 95.7 Å². The molecular formula is C27H24FN5O2. The summed E-state index contributed by atoms with van der Waals surface area (Å²) in [5, 5.41) is 21.7. The molecule has 0 saturated carbocycles. The van der Waals surface area contributed by atoms with Crippen LogP contribution in [0.2, 0.25) is 0 Å². The Balaban J connectivity index is 1.62. The molecule has 0 fully saturated rings. The Bertz CT molecular complexity index is 1520. The Morgan fingerprint density at radius 1 is 1.03 bits per heavy atom. The first-order valence-corrected chi connectivity index (χ1v) is 11.2. The average molecular weight is 470 g/mol. The molecular weight excluding hydrogens is 445 g/mol. The SMILES string of the molecule is CCC(O)(c1cccc(F)c1)c1cc(-c2c[nH]c3ncc(-c4ccc(CO)cc4)cc23)nc(N)n1. The number of aromatic amines is 1. The number of hydrogen-bond acceptors (Lipinski definition) is 6. The van der Waals surface area contributed by atoms with E-state index in [1.807, 2.05) is 30.3 Å². The molecule has 176 valence electrons. The van der Waals surface area contributed by atoms with Gasteiger partial charge < -0.3 is 20.9 Å². The van der Waals surface area contributed by atoms with E-state index in [4.69, 9.17) is 5.73 Å². The molecule has 0 radical (unpaired) electrons. The van der Waals surface area contributed by atoms with E-state index in [-0.39, 0.29) is 24.7 Å². The number of aliphatic hydroxyl groups excluding tert-OH is 1. The van der Waals surface area contributed by atoms with Gasteiger partial charge in [0.1, 0.15) is 17.1 Å². The van der Waals surface area contributed by atoms with Crippen LogP contribution in [0.5, 0.6) is 0 Å². The number of anilines is 1. The summed E-state index contributed by atoms with van der Waals surface area (Å²) in [5.74, 6) is -0.447. The van der Waals surface area contributed by atoms with Crippen LogP contribution in [0.1, 0.15) is 30.2 Å². The van der Waals surface area contributed by atoms with Crippen LogP contribution >= 0.6 is 0 Å². The van der Waals surface area contributed by atoms with Gasteiger partial charge in [0.15, 0.2) is 0 Å². The Kier molecular flexibility index (Phi) is 5.76. The van der Waals surface area contributed by atoms with Crippen LogP contribution < -0.4 is 5.73 Å². The first-order valence-electron chi connectivity index (χ1n) is 11.2. The van der Waals surface area contributed by atoms with Gasteiger partial charge in [0.25, 0.3) is 0 Å². The van der Waals surface area contributed by atoms with Crippen LogP contribution in [0.15, 0.2) is 73.1 Å². The van der Waals surface area contributed by atoms with E-state index in [0.29, 0.717) is 16.9 Å². The summed E-state index contributed by atoms with van der Waals surface area (Å²) in [4.78, 5) is 16.4. The van der Waals surface area contributed by atoms with Crippen LogP contribution in [0.3, 0.4) is 0 Å². The first-order chi connectivity index (χ1) is 16.9. The fourth-order valence-corrected chi connectivity index (χ4v) is 4.27. The van der Waals surface area contributed by atoms with Gasteiger partial charge in [-0.05, 0) is 47.4 Å². The number of aliphatic hydroxyl groups is 2. The summed E-state index contributed by atoms with van der Waals surface area (Å²) >= 11 is 0. The van der Waals surface area contributed by atoms with Gasteiger partial charge in [-0.1, -0.05) is 43.3 Å². The molecule has 35 heavy (non-hydrogen) atoms. The lowest BCUT2D eigenvalue weighted by Crippen LogP contribution is -2.28. The van der Waals surface area contributed by atoms with Gasteiger partial charge in [0.05, 0.1) is 18.0 Å². The molecule has 0 aliphatic rings. The van der Waals surface area contributed by atoms with E-state index in [1.165, 1.54) is 12.1 Å². The molecule has 7 nitrogen and oxygen atoms in total. The zero-order valence-electron chi connectivity index (χ0n) is 19.0. The van der Waals surface area contributed by atoms with Crippen molar-refractivity contribution in [2.75, 3.05) is 5.73 Å². The Morgan fingerprint density at radius 2 is 1.83 bits per heavy atom. The number of pyridine rings is 1. The molecule has 0 saturated heterocycles. The average Bonchev–Trinajstić information content (AvgIpc) is 3.31. The molecule has 0 bridgehead atoms. The summed E-state index contributed by atoms with van der Waals surface area (Å²) in [5.41, 5.74) is 9.80. The number of benzene rings is 2. The highest BCUT2D eigenvalue weighted by atomic mass is 19.1. The van der Waals surface area contributed by atoms with Gasteiger partial charge in [-0.3, -0.25) is 0 Å². The van der Waals surface area contributed by atoms with Gasteiger partial charge in [0, 0.05) is 28.9 Å². The predicted molar refractivity (Wildman–Crippen MR) is 133 cm³/mol. The number of fused-ring (bicyclic) bond motifs is 1. The number of halogens is 1. The van der Waals surface area contributed by atoms with Crippen molar-refractivity contribution >= 4 is 17.0 Å². The smallest absolute Gasteiger partial charge is 0.220 e. The molecule has 5 rings (SSSR count). The van der Waals surface area contributed by atoms with Crippen molar-refractivity contribution in [1.29, 1.82) is 0 Å². The van der Waals surface area contributed by atoms with Gasteiger partial charge in [0.2, 0.25) is 5.95 Å². The van der Waals surface area contributed by atoms with Gasteiger partial charge in [-0.15, -0.1) is 0 Å². The van der Waals surface area contributed by atoms with Crippen LogP contribution in [0, 0.1) is 5.82 Å². The largest absolute Gasteiger partial charge is 0.392 e. The first kappa shape index (κ1) is 22.6. The molecule has 1 unspecified atom stereocenters. The van der Waals surface area contributed by atoms with E-state index in [1.54, 1.807) is 37.5 Å². The lowest BCUT2D eigenvalue weighted by Gasteiger charge is -2.27. The Labute approximate surface area is 201 Å². The fraction of sp³-hybridized carbons (Fsp3) is 0.148. The maximum Gasteiger partial charge on any atom is 0.220 e. The number of nitrogens with one attached hydrogen (secondary N) is 1. The number of aromatic nitrogens is 4. The van der Waals surface area contributed by atoms with Crippen LogP contribution in [0.25, 0.3) is 33.4 Å². The topological polar surface area (TPSA) is 121 Å². The quantitative estimate of drug-likeness (QED) is 0.290. The second-order valence-corrected chi connectivity index (χ2v) is 8.40. The molecule has 2 aromatic carbocycles. The second kappa shape index (κ2) is 8.90. The highest BCUT2D eigenvalue weighted by Gasteiger charge is 2.32. The van der Waals surface area contributed by atoms with E-state index in [2.05, 4.69) is 19.9 Å². The van der Waals surface area contributed by atoms with E-state index >= 15 is 0 Å². The van der Waals surface area contributed by atoms with Crippen LogP contribution in [-0.2, 0) is 12.2 Å². The van der Waals surface area contributed by atoms with Crippen molar-refractivity contribution in [2.24, 2.45) is 0 Å². The monoisotopic (exact) mass is 469 g/mol. The maximum atomic E-state index is 13.9. The fourth-order valence-electron chi connectivity index (χ4n) is 4.27. The van der Waals surface area contributed by atoms with Crippen LogP contribution in [-0.4, -0.2) is 30.1 Å². The molecule has 0 amide bonds. The number of nitrogen functional groups attached to an aromatic ring is 1. The highest BCUT2D eigenvalue weighted by molar-refractivity contribution is 5.95. The van der Waals surface area contributed by atoms with Gasteiger partial charge >= 0.3 is 0 Å². The van der Waals surface area contributed by atoms with Gasteiger partial charge in [-0.2, -0.15) is 0 Å². The number of hydrogen-bond donors (Lipinski definition) is 4. The molecule has 5 aromatic rings. The molecule has 8 heteroatoms. The molecule has 0 spiro atoms. The lowest BCUT2D eigenvalue weighted by molar-refractivity contribution is 0.0716. The Morgan fingerprint density at radius 3 is 2.54 bits per heavy atom. The van der Waals surface area contributed by atoms with Crippen molar-refractivity contribution < 1.29 is 14.6 Å². The summed E-state index contributed by atoms with van der Waals surface area (Å²) in [6.45, 7) is 1.78. The molecule has 0 aliphatic carbocycles.